The van der Waals surface area contributed by atoms with Gasteiger partial charge in [-0.1, -0.05) is 6.07 Å². The highest BCUT2D eigenvalue weighted by Crippen LogP contribution is 2.37. The Morgan fingerprint density at radius 2 is 1.88 bits per heavy atom. The highest BCUT2D eigenvalue weighted by atomic mass is 16.5. The molecule has 8 heteroatoms. The van der Waals surface area contributed by atoms with E-state index in [1.807, 2.05) is 0 Å². The minimum atomic E-state index is -1.47. The normalized spacial score (nSPS) is 29.3. The molecule has 1 aromatic rings. The molecular formula is C17H24O8. The summed E-state index contributed by atoms with van der Waals surface area (Å²) in [5.41, 5.74) is 1.25. The maximum Gasteiger partial charge on any atom is 0.305 e. The minimum absolute atomic E-state index is 0.191. The molecule has 5 atom stereocenters. The van der Waals surface area contributed by atoms with E-state index in [9.17, 15) is 25.2 Å². The summed E-state index contributed by atoms with van der Waals surface area (Å²) in [7, 11) is 2.77. The molecule has 1 saturated heterocycles. The number of carbonyl (C=O) groups excluding carboxylic acids is 1. The smallest absolute Gasteiger partial charge is 0.305 e. The van der Waals surface area contributed by atoms with Gasteiger partial charge in [-0.15, -0.1) is 0 Å². The summed E-state index contributed by atoms with van der Waals surface area (Å²) >= 11 is 0. The first-order valence-electron chi connectivity index (χ1n) is 7.97. The van der Waals surface area contributed by atoms with Crippen LogP contribution in [-0.4, -0.2) is 71.6 Å². The maximum atomic E-state index is 11.3. The molecule has 0 amide bonds. The topological polar surface area (TPSA) is 126 Å². The van der Waals surface area contributed by atoms with Gasteiger partial charge in [-0.3, -0.25) is 4.79 Å². The van der Waals surface area contributed by atoms with Crippen molar-refractivity contribution in [1.29, 1.82) is 0 Å². The first-order valence-corrected chi connectivity index (χ1v) is 7.97. The van der Waals surface area contributed by atoms with Crippen molar-refractivity contribution in [2.24, 2.45) is 0 Å². The van der Waals surface area contributed by atoms with Crippen molar-refractivity contribution in [1.82, 2.24) is 0 Å². The van der Waals surface area contributed by atoms with Gasteiger partial charge in [0.25, 0.3) is 0 Å². The number of aryl methyl sites for hydroxylation is 1. The molecule has 5 unspecified atom stereocenters. The average molecular weight is 356 g/mol. The monoisotopic (exact) mass is 356 g/mol. The van der Waals surface area contributed by atoms with E-state index in [2.05, 4.69) is 4.74 Å². The van der Waals surface area contributed by atoms with Crippen LogP contribution in [0.4, 0.5) is 0 Å². The summed E-state index contributed by atoms with van der Waals surface area (Å²) in [6.07, 6.45) is -5.69. The van der Waals surface area contributed by atoms with Crippen molar-refractivity contribution in [2.45, 2.75) is 43.4 Å². The van der Waals surface area contributed by atoms with E-state index in [0.29, 0.717) is 17.7 Å². The third kappa shape index (κ3) is 4.28. The van der Waals surface area contributed by atoms with Gasteiger partial charge < -0.3 is 34.6 Å². The van der Waals surface area contributed by atoms with Crippen LogP contribution in [0.2, 0.25) is 0 Å². The molecule has 0 saturated carbocycles. The second-order valence-electron chi connectivity index (χ2n) is 5.90. The molecule has 1 heterocycles. The molecule has 140 valence electrons. The molecule has 1 fully saturated rings. The highest BCUT2D eigenvalue weighted by molar-refractivity contribution is 5.69. The third-order valence-electron chi connectivity index (χ3n) is 4.34. The quantitative estimate of drug-likeness (QED) is 0.494. The number of aliphatic hydroxyl groups excluding tert-OH is 4. The van der Waals surface area contributed by atoms with Crippen molar-refractivity contribution in [3.8, 4) is 5.75 Å². The lowest BCUT2D eigenvalue weighted by molar-refractivity contribution is -0.232. The summed E-state index contributed by atoms with van der Waals surface area (Å²) in [5, 5.41) is 39.5. The van der Waals surface area contributed by atoms with Gasteiger partial charge in [0.1, 0.15) is 36.3 Å². The Kier molecular flexibility index (Phi) is 6.74. The van der Waals surface area contributed by atoms with Crippen LogP contribution in [0.5, 0.6) is 5.75 Å². The lowest BCUT2D eigenvalue weighted by Crippen LogP contribution is -2.55. The van der Waals surface area contributed by atoms with Crippen LogP contribution in [0, 0.1) is 0 Å². The average Bonchev–Trinajstić information content (AvgIpc) is 2.64. The Bertz CT molecular complexity index is 588. The first kappa shape index (κ1) is 19.6. The van der Waals surface area contributed by atoms with Crippen LogP contribution in [0.3, 0.4) is 0 Å². The summed E-state index contributed by atoms with van der Waals surface area (Å²) in [4.78, 5) is 11.3. The van der Waals surface area contributed by atoms with Crippen molar-refractivity contribution >= 4 is 5.97 Å². The van der Waals surface area contributed by atoms with Crippen LogP contribution < -0.4 is 4.74 Å². The van der Waals surface area contributed by atoms with E-state index < -0.39 is 37.1 Å². The van der Waals surface area contributed by atoms with Gasteiger partial charge >= 0.3 is 5.97 Å². The predicted molar refractivity (Wildman–Crippen MR) is 86.1 cm³/mol. The summed E-state index contributed by atoms with van der Waals surface area (Å²) < 4.78 is 15.5. The van der Waals surface area contributed by atoms with Crippen LogP contribution in [0.1, 0.15) is 23.7 Å². The molecule has 25 heavy (non-hydrogen) atoms. The third-order valence-corrected chi connectivity index (χ3v) is 4.34. The molecule has 0 bridgehead atoms. The van der Waals surface area contributed by atoms with E-state index in [-0.39, 0.29) is 12.4 Å². The first-order chi connectivity index (χ1) is 11.9. The Morgan fingerprint density at radius 3 is 2.48 bits per heavy atom. The fraction of sp³-hybridized carbons (Fsp3) is 0.588. The molecule has 0 aliphatic carbocycles. The Balaban J connectivity index is 2.30. The van der Waals surface area contributed by atoms with Gasteiger partial charge in [-0.2, -0.15) is 0 Å². The zero-order valence-corrected chi connectivity index (χ0v) is 14.2. The Morgan fingerprint density at radius 1 is 1.16 bits per heavy atom. The number of esters is 1. The van der Waals surface area contributed by atoms with Crippen molar-refractivity contribution in [3.63, 3.8) is 0 Å². The zero-order valence-electron chi connectivity index (χ0n) is 14.2. The highest BCUT2D eigenvalue weighted by Gasteiger charge is 2.44. The molecule has 2 rings (SSSR count). The van der Waals surface area contributed by atoms with Crippen LogP contribution in [-0.2, 0) is 20.7 Å². The lowest BCUT2D eigenvalue weighted by atomic mass is 9.90. The predicted octanol–water partition coefficient (Wildman–Crippen LogP) is -0.684. The van der Waals surface area contributed by atoms with E-state index >= 15 is 0 Å². The standard InChI is InChI=1S/C17H24O8/c1-23-11-5-3-9(4-6-13(19)24-2)7-10(11)17-16(22)15(21)14(20)12(8-18)25-17/h3,5,7,12,14-18,20-22H,4,6,8H2,1-2H3. The lowest BCUT2D eigenvalue weighted by Gasteiger charge is -2.40. The van der Waals surface area contributed by atoms with Gasteiger partial charge in [0.05, 0.1) is 20.8 Å². The van der Waals surface area contributed by atoms with Crippen LogP contribution >= 0.6 is 0 Å². The maximum absolute atomic E-state index is 11.3. The molecule has 0 radical (unpaired) electrons. The van der Waals surface area contributed by atoms with Crippen molar-refractivity contribution in [3.05, 3.63) is 29.3 Å². The van der Waals surface area contributed by atoms with E-state index in [1.54, 1.807) is 18.2 Å². The number of benzene rings is 1. The number of hydrogen-bond acceptors (Lipinski definition) is 8. The molecule has 0 spiro atoms. The molecule has 1 aliphatic rings. The number of aliphatic hydroxyl groups is 4. The number of rotatable bonds is 6. The van der Waals surface area contributed by atoms with E-state index in [1.165, 1.54) is 14.2 Å². The van der Waals surface area contributed by atoms with E-state index in [0.717, 1.165) is 5.56 Å². The molecule has 0 aromatic heterocycles. The van der Waals surface area contributed by atoms with Gasteiger partial charge in [-0.05, 0) is 24.1 Å². The number of hydrogen-bond donors (Lipinski definition) is 4. The van der Waals surface area contributed by atoms with Crippen molar-refractivity contribution < 1.29 is 39.4 Å². The van der Waals surface area contributed by atoms with Gasteiger partial charge in [-0.25, -0.2) is 0 Å². The van der Waals surface area contributed by atoms with E-state index in [4.69, 9.17) is 9.47 Å². The fourth-order valence-corrected chi connectivity index (χ4v) is 2.87. The second kappa shape index (κ2) is 8.59. The number of ether oxygens (including phenoxy) is 3. The second-order valence-corrected chi connectivity index (χ2v) is 5.90. The largest absolute Gasteiger partial charge is 0.496 e. The van der Waals surface area contributed by atoms with Gasteiger partial charge in [0.15, 0.2) is 0 Å². The van der Waals surface area contributed by atoms with Crippen molar-refractivity contribution in [2.75, 3.05) is 20.8 Å². The van der Waals surface area contributed by atoms with Gasteiger partial charge in [0, 0.05) is 12.0 Å². The molecule has 8 nitrogen and oxygen atoms in total. The van der Waals surface area contributed by atoms with Gasteiger partial charge in [0.2, 0.25) is 0 Å². The zero-order chi connectivity index (χ0) is 18.6. The minimum Gasteiger partial charge on any atom is -0.496 e. The number of carbonyl (C=O) groups is 1. The summed E-state index contributed by atoms with van der Waals surface area (Å²) in [6.45, 7) is -0.508. The number of methoxy groups -OCH3 is 2. The fourth-order valence-electron chi connectivity index (χ4n) is 2.87. The Hall–Kier alpha value is -1.71. The summed E-state index contributed by atoms with van der Waals surface area (Å²) in [5.74, 6) is 0.0800. The molecule has 1 aliphatic heterocycles. The SMILES string of the molecule is COC(=O)CCc1ccc(OC)c(C2OC(CO)C(O)C(O)C2O)c1. The molecule has 1 aromatic carbocycles. The molecular weight excluding hydrogens is 332 g/mol. The summed E-state index contributed by atoms with van der Waals surface area (Å²) in [6, 6.07) is 5.15. The van der Waals surface area contributed by atoms with Crippen LogP contribution in [0.25, 0.3) is 0 Å². The Labute approximate surface area is 145 Å². The van der Waals surface area contributed by atoms with Crippen LogP contribution in [0.15, 0.2) is 18.2 Å². The molecule has 4 N–H and O–H groups in total.